The van der Waals surface area contributed by atoms with Crippen LogP contribution < -0.4 is 10.6 Å². The smallest absolute Gasteiger partial charge is 0.315 e. The molecule has 0 saturated heterocycles. The zero-order valence-corrected chi connectivity index (χ0v) is 11.1. The number of hydrogen-bond acceptors (Lipinski definition) is 3. The molecule has 0 atom stereocenters. The second-order valence-electron chi connectivity index (χ2n) is 4.84. The van der Waals surface area contributed by atoms with Crippen molar-refractivity contribution in [2.24, 2.45) is 5.92 Å². The first-order chi connectivity index (χ1) is 9.34. The Morgan fingerprint density at radius 2 is 2.32 bits per heavy atom. The van der Waals surface area contributed by atoms with Gasteiger partial charge in [0.25, 0.3) is 0 Å². The van der Waals surface area contributed by atoms with Gasteiger partial charge in [0, 0.05) is 38.7 Å². The molecule has 0 radical (unpaired) electrons. The summed E-state index contributed by atoms with van der Waals surface area (Å²) in [5.74, 6) is 0.802. The SMILES string of the molecule is O=C(NCCCOCC1CC1)NCc1cccnc1. The summed E-state index contributed by atoms with van der Waals surface area (Å²) in [7, 11) is 0. The highest BCUT2D eigenvalue weighted by molar-refractivity contribution is 5.73. The molecule has 1 aromatic heterocycles. The van der Waals surface area contributed by atoms with Crippen molar-refractivity contribution in [3.05, 3.63) is 30.1 Å². The van der Waals surface area contributed by atoms with Crippen molar-refractivity contribution in [2.45, 2.75) is 25.8 Å². The summed E-state index contributed by atoms with van der Waals surface area (Å²) in [6, 6.07) is 3.64. The van der Waals surface area contributed by atoms with E-state index in [1.54, 1.807) is 12.4 Å². The fraction of sp³-hybridized carbons (Fsp3) is 0.571. The Labute approximate surface area is 113 Å². The van der Waals surface area contributed by atoms with E-state index in [1.807, 2.05) is 12.1 Å². The van der Waals surface area contributed by atoms with Crippen LogP contribution in [0.3, 0.4) is 0 Å². The molecular formula is C14H21N3O2. The summed E-state index contributed by atoms with van der Waals surface area (Å²) < 4.78 is 5.49. The van der Waals surface area contributed by atoms with E-state index in [9.17, 15) is 4.79 Å². The Bertz CT molecular complexity index is 380. The van der Waals surface area contributed by atoms with E-state index >= 15 is 0 Å². The van der Waals surface area contributed by atoms with Gasteiger partial charge in [-0.2, -0.15) is 0 Å². The number of aromatic nitrogens is 1. The van der Waals surface area contributed by atoms with E-state index in [-0.39, 0.29) is 6.03 Å². The molecule has 1 aliphatic rings. The standard InChI is InChI=1S/C14H21N3O2/c18-14(17-10-13-3-1-6-15-9-13)16-7-2-8-19-11-12-4-5-12/h1,3,6,9,12H,2,4-5,7-8,10-11H2,(H2,16,17,18). The number of ether oxygens (including phenoxy) is 1. The molecule has 1 fully saturated rings. The average molecular weight is 263 g/mol. The van der Waals surface area contributed by atoms with Gasteiger partial charge in [0.1, 0.15) is 0 Å². The van der Waals surface area contributed by atoms with Gasteiger partial charge in [0.15, 0.2) is 0 Å². The minimum absolute atomic E-state index is 0.147. The third-order valence-electron chi connectivity index (χ3n) is 2.98. The van der Waals surface area contributed by atoms with Crippen LogP contribution in [0.1, 0.15) is 24.8 Å². The number of nitrogens with one attached hydrogen (secondary N) is 2. The minimum atomic E-state index is -0.147. The quantitative estimate of drug-likeness (QED) is 0.702. The molecule has 0 aliphatic heterocycles. The van der Waals surface area contributed by atoms with Gasteiger partial charge < -0.3 is 15.4 Å². The molecule has 0 unspecified atom stereocenters. The van der Waals surface area contributed by atoms with Gasteiger partial charge in [-0.15, -0.1) is 0 Å². The maximum Gasteiger partial charge on any atom is 0.315 e. The Morgan fingerprint density at radius 3 is 3.05 bits per heavy atom. The zero-order chi connectivity index (χ0) is 13.3. The molecule has 1 aromatic rings. The molecule has 1 saturated carbocycles. The van der Waals surface area contributed by atoms with Gasteiger partial charge in [-0.25, -0.2) is 4.79 Å². The lowest BCUT2D eigenvalue weighted by Gasteiger charge is -2.07. The molecule has 5 nitrogen and oxygen atoms in total. The highest BCUT2D eigenvalue weighted by Gasteiger charge is 2.20. The Balaban J connectivity index is 1.45. The molecule has 1 aliphatic carbocycles. The number of rotatable bonds is 8. The number of carbonyl (C=O) groups excluding carboxylic acids is 1. The van der Waals surface area contributed by atoms with Crippen LogP contribution in [0.15, 0.2) is 24.5 Å². The van der Waals surface area contributed by atoms with Crippen LogP contribution in [0.5, 0.6) is 0 Å². The third-order valence-corrected chi connectivity index (χ3v) is 2.98. The summed E-state index contributed by atoms with van der Waals surface area (Å²) >= 11 is 0. The van der Waals surface area contributed by atoms with Crippen molar-refractivity contribution >= 4 is 6.03 Å². The van der Waals surface area contributed by atoms with E-state index < -0.39 is 0 Å². The Morgan fingerprint density at radius 1 is 1.42 bits per heavy atom. The van der Waals surface area contributed by atoms with Gasteiger partial charge in [-0.05, 0) is 36.8 Å². The second kappa shape index (κ2) is 7.74. The molecule has 0 aromatic carbocycles. The Kier molecular flexibility index (Phi) is 5.62. The lowest BCUT2D eigenvalue weighted by atomic mass is 10.3. The van der Waals surface area contributed by atoms with Crippen molar-refractivity contribution in [3.63, 3.8) is 0 Å². The summed E-state index contributed by atoms with van der Waals surface area (Å²) in [5.41, 5.74) is 0.991. The van der Waals surface area contributed by atoms with Gasteiger partial charge in [0.05, 0.1) is 0 Å². The van der Waals surface area contributed by atoms with Crippen LogP contribution in [0.4, 0.5) is 4.79 Å². The maximum atomic E-state index is 11.5. The van der Waals surface area contributed by atoms with Crippen LogP contribution >= 0.6 is 0 Å². The van der Waals surface area contributed by atoms with Gasteiger partial charge in [-0.3, -0.25) is 4.98 Å². The van der Waals surface area contributed by atoms with E-state index in [0.29, 0.717) is 13.1 Å². The number of amides is 2. The van der Waals surface area contributed by atoms with E-state index in [0.717, 1.165) is 31.1 Å². The molecule has 19 heavy (non-hydrogen) atoms. The van der Waals surface area contributed by atoms with Crippen molar-refractivity contribution in [3.8, 4) is 0 Å². The number of urea groups is 1. The average Bonchev–Trinajstić information content (AvgIpc) is 3.26. The molecular weight excluding hydrogens is 242 g/mol. The fourth-order valence-corrected chi connectivity index (χ4v) is 1.66. The molecule has 2 amide bonds. The number of carbonyl (C=O) groups is 1. The molecule has 2 N–H and O–H groups in total. The predicted molar refractivity (Wildman–Crippen MR) is 72.6 cm³/mol. The summed E-state index contributed by atoms with van der Waals surface area (Å²) in [5, 5.41) is 5.59. The normalized spacial score (nSPS) is 14.1. The van der Waals surface area contributed by atoms with Crippen molar-refractivity contribution in [1.82, 2.24) is 15.6 Å². The lowest BCUT2D eigenvalue weighted by molar-refractivity contribution is 0.122. The number of hydrogen-bond donors (Lipinski definition) is 2. The van der Waals surface area contributed by atoms with Crippen molar-refractivity contribution in [1.29, 1.82) is 0 Å². The maximum absolute atomic E-state index is 11.5. The first-order valence-corrected chi connectivity index (χ1v) is 6.83. The van der Waals surface area contributed by atoms with Gasteiger partial charge >= 0.3 is 6.03 Å². The van der Waals surface area contributed by atoms with Crippen LogP contribution in [0.25, 0.3) is 0 Å². The topological polar surface area (TPSA) is 63.2 Å². The summed E-state index contributed by atoms with van der Waals surface area (Å²) in [4.78, 5) is 15.5. The monoisotopic (exact) mass is 263 g/mol. The van der Waals surface area contributed by atoms with Crippen LogP contribution in [0.2, 0.25) is 0 Å². The molecule has 5 heteroatoms. The van der Waals surface area contributed by atoms with E-state index in [4.69, 9.17) is 4.74 Å². The second-order valence-corrected chi connectivity index (χ2v) is 4.84. The van der Waals surface area contributed by atoms with Crippen LogP contribution in [0, 0.1) is 5.92 Å². The highest BCUT2D eigenvalue weighted by Crippen LogP contribution is 2.28. The Hall–Kier alpha value is -1.62. The molecule has 104 valence electrons. The number of nitrogens with zero attached hydrogens (tertiary/aromatic N) is 1. The van der Waals surface area contributed by atoms with Crippen molar-refractivity contribution in [2.75, 3.05) is 19.8 Å². The first-order valence-electron chi connectivity index (χ1n) is 6.83. The third kappa shape index (κ3) is 6.20. The predicted octanol–water partition coefficient (Wildman–Crippen LogP) is 1.70. The number of pyridine rings is 1. The summed E-state index contributed by atoms with van der Waals surface area (Å²) in [6.07, 6.45) is 6.94. The van der Waals surface area contributed by atoms with Crippen LogP contribution in [-0.2, 0) is 11.3 Å². The molecule has 2 rings (SSSR count). The van der Waals surface area contributed by atoms with Crippen molar-refractivity contribution < 1.29 is 9.53 Å². The molecule has 0 spiro atoms. The first kappa shape index (κ1) is 13.8. The fourth-order valence-electron chi connectivity index (χ4n) is 1.66. The minimum Gasteiger partial charge on any atom is -0.381 e. The summed E-state index contributed by atoms with van der Waals surface area (Å²) in [6.45, 7) is 2.74. The largest absolute Gasteiger partial charge is 0.381 e. The highest BCUT2D eigenvalue weighted by atomic mass is 16.5. The van der Waals surface area contributed by atoms with Gasteiger partial charge in [-0.1, -0.05) is 6.07 Å². The van der Waals surface area contributed by atoms with E-state index in [1.165, 1.54) is 12.8 Å². The van der Waals surface area contributed by atoms with E-state index in [2.05, 4.69) is 15.6 Å². The molecule has 0 bridgehead atoms. The molecule has 1 heterocycles. The zero-order valence-electron chi connectivity index (χ0n) is 11.1. The lowest BCUT2D eigenvalue weighted by Crippen LogP contribution is -2.35. The van der Waals surface area contributed by atoms with Gasteiger partial charge in [0.2, 0.25) is 0 Å². The van der Waals surface area contributed by atoms with Crippen LogP contribution in [-0.4, -0.2) is 30.8 Å².